The topological polar surface area (TPSA) is 83.3 Å². The summed E-state index contributed by atoms with van der Waals surface area (Å²) in [7, 11) is 1.94. The van der Waals surface area contributed by atoms with Crippen LogP contribution < -0.4 is 10.4 Å². The largest absolute Gasteiger partial charge is 0.484 e. The van der Waals surface area contributed by atoms with Gasteiger partial charge in [0.2, 0.25) is 0 Å². The van der Waals surface area contributed by atoms with Crippen LogP contribution in [0.1, 0.15) is 11.6 Å². The Morgan fingerprint density at radius 1 is 1.08 bits per heavy atom. The lowest BCUT2D eigenvalue weighted by Gasteiger charge is -2.04. The predicted molar refractivity (Wildman–Crippen MR) is 90.3 cm³/mol. The Morgan fingerprint density at radius 2 is 1.92 bits per heavy atom. The summed E-state index contributed by atoms with van der Waals surface area (Å²) >= 11 is 0. The van der Waals surface area contributed by atoms with Crippen LogP contribution >= 0.6 is 0 Å². The summed E-state index contributed by atoms with van der Waals surface area (Å²) in [5.41, 5.74) is 2.02. The Morgan fingerprint density at radius 3 is 2.72 bits per heavy atom. The minimum absolute atomic E-state index is 0.124. The number of hydrogen-bond acceptors (Lipinski definition) is 6. The first-order valence-electron chi connectivity index (χ1n) is 7.72. The van der Waals surface area contributed by atoms with E-state index in [4.69, 9.17) is 13.6 Å². The van der Waals surface area contributed by atoms with Gasteiger partial charge in [-0.1, -0.05) is 0 Å². The van der Waals surface area contributed by atoms with E-state index in [9.17, 15) is 4.79 Å². The van der Waals surface area contributed by atoms with Gasteiger partial charge in [0.05, 0.1) is 0 Å². The van der Waals surface area contributed by atoms with Crippen LogP contribution in [0.25, 0.3) is 22.6 Å². The molecule has 25 heavy (non-hydrogen) atoms. The Labute approximate surface area is 142 Å². The van der Waals surface area contributed by atoms with Crippen LogP contribution in [0.5, 0.6) is 5.75 Å². The lowest BCUT2D eigenvalue weighted by molar-refractivity contribution is 0.264. The molecule has 4 rings (SSSR count). The summed E-state index contributed by atoms with van der Waals surface area (Å²) in [5, 5.41) is 8.89. The molecule has 0 spiro atoms. The van der Waals surface area contributed by atoms with Crippen molar-refractivity contribution >= 4 is 11.0 Å². The van der Waals surface area contributed by atoms with Gasteiger partial charge in [0.25, 0.3) is 11.8 Å². The molecule has 0 amide bonds. The molecule has 0 aliphatic rings. The van der Waals surface area contributed by atoms with Gasteiger partial charge in [-0.05, 0) is 37.3 Å². The molecule has 126 valence electrons. The molecule has 3 heterocycles. The van der Waals surface area contributed by atoms with Crippen LogP contribution in [0, 0.1) is 6.92 Å². The average Bonchev–Trinajstić information content (AvgIpc) is 3.20. The number of rotatable bonds is 4. The van der Waals surface area contributed by atoms with Gasteiger partial charge in [0, 0.05) is 30.3 Å². The molecule has 4 aromatic rings. The van der Waals surface area contributed by atoms with Gasteiger partial charge in [0.1, 0.15) is 17.0 Å². The fraction of sp³-hybridized carbons (Fsp3) is 0.167. The Balaban J connectivity index is 1.52. The standard InChI is InChI=1S/C18H15N3O4/c1-11-3-7-14(21(11)2)18-20-19-16(25-18)10-23-13-6-4-12-5-8-17(22)24-15(12)9-13/h3-9H,10H2,1-2H3. The average molecular weight is 337 g/mol. The monoisotopic (exact) mass is 337 g/mol. The van der Waals surface area contributed by atoms with E-state index in [1.54, 1.807) is 18.2 Å². The third kappa shape index (κ3) is 2.91. The minimum atomic E-state index is -0.399. The molecule has 0 aliphatic carbocycles. The highest BCUT2D eigenvalue weighted by atomic mass is 16.5. The van der Waals surface area contributed by atoms with Crippen LogP contribution in [-0.4, -0.2) is 14.8 Å². The van der Waals surface area contributed by atoms with Gasteiger partial charge >= 0.3 is 5.63 Å². The number of ether oxygens (including phenoxy) is 1. The molecular weight excluding hydrogens is 322 g/mol. The third-order valence-electron chi connectivity index (χ3n) is 4.02. The van der Waals surface area contributed by atoms with Gasteiger partial charge in [-0.15, -0.1) is 10.2 Å². The van der Waals surface area contributed by atoms with Crippen LogP contribution in [0.2, 0.25) is 0 Å². The number of aryl methyl sites for hydroxylation is 1. The van der Waals surface area contributed by atoms with E-state index in [-0.39, 0.29) is 6.61 Å². The smallest absolute Gasteiger partial charge is 0.336 e. The number of fused-ring (bicyclic) bond motifs is 1. The van der Waals surface area contributed by atoms with E-state index in [1.165, 1.54) is 6.07 Å². The summed E-state index contributed by atoms with van der Waals surface area (Å²) in [6, 6.07) is 12.3. The van der Waals surface area contributed by atoms with Crippen molar-refractivity contribution in [3.8, 4) is 17.3 Å². The van der Waals surface area contributed by atoms with Crippen molar-refractivity contribution < 1.29 is 13.6 Å². The lowest BCUT2D eigenvalue weighted by atomic mass is 10.2. The van der Waals surface area contributed by atoms with Crippen molar-refractivity contribution in [2.24, 2.45) is 7.05 Å². The predicted octanol–water partition coefficient (Wildman–Crippen LogP) is 3.07. The van der Waals surface area contributed by atoms with E-state index in [1.807, 2.05) is 36.7 Å². The molecule has 0 fully saturated rings. The lowest BCUT2D eigenvalue weighted by Crippen LogP contribution is -1.97. The summed E-state index contributed by atoms with van der Waals surface area (Å²) in [6.07, 6.45) is 0. The number of hydrogen-bond donors (Lipinski definition) is 0. The number of aromatic nitrogens is 3. The zero-order chi connectivity index (χ0) is 17.4. The molecule has 3 aromatic heterocycles. The van der Waals surface area contributed by atoms with Gasteiger partial charge in [-0.3, -0.25) is 0 Å². The van der Waals surface area contributed by atoms with Crippen LogP contribution in [0.4, 0.5) is 0 Å². The van der Waals surface area contributed by atoms with Crippen molar-refractivity contribution in [2.75, 3.05) is 0 Å². The van der Waals surface area contributed by atoms with Crippen molar-refractivity contribution in [3.63, 3.8) is 0 Å². The molecule has 7 nitrogen and oxygen atoms in total. The SMILES string of the molecule is Cc1ccc(-c2nnc(COc3ccc4ccc(=O)oc4c3)o2)n1C. The molecule has 0 saturated heterocycles. The van der Waals surface area contributed by atoms with Gasteiger partial charge in [-0.25, -0.2) is 4.79 Å². The zero-order valence-electron chi connectivity index (χ0n) is 13.7. The summed E-state index contributed by atoms with van der Waals surface area (Å²) in [6.45, 7) is 2.13. The van der Waals surface area contributed by atoms with E-state index >= 15 is 0 Å². The first-order valence-corrected chi connectivity index (χ1v) is 7.72. The maximum absolute atomic E-state index is 11.3. The van der Waals surface area contributed by atoms with Crippen molar-refractivity contribution in [3.05, 3.63) is 64.5 Å². The molecule has 0 bridgehead atoms. The van der Waals surface area contributed by atoms with Gasteiger partial charge in [0.15, 0.2) is 6.61 Å². The highest BCUT2D eigenvalue weighted by Crippen LogP contribution is 2.22. The van der Waals surface area contributed by atoms with E-state index in [0.717, 1.165) is 16.8 Å². The molecular formula is C18H15N3O4. The van der Waals surface area contributed by atoms with Crippen molar-refractivity contribution in [1.29, 1.82) is 0 Å². The second-order valence-electron chi connectivity index (χ2n) is 5.66. The number of benzene rings is 1. The summed E-state index contributed by atoms with van der Waals surface area (Å²) in [5.74, 6) is 1.36. The quantitative estimate of drug-likeness (QED) is 0.532. The molecule has 0 aliphatic heterocycles. The molecule has 0 radical (unpaired) electrons. The van der Waals surface area contributed by atoms with Crippen molar-refractivity contribution in [2.45, 2.75) is 13.5 Å². The third-order valence-corrected chi connectivity index (χ3v) is 4.02. The fourth-order valence-electron chi connectivity index (χ4n) is 2.52. The maximum Gasteiger partial charge on any atom is 0.336 e. The van der Waals surface area contributed by atoms with Crippen LogP contribution in [-0.2, 0) is 13.7 Å². The molecule has 0 atom stereocenters. The highest BCUT2D eigenvalue weighted by Gasteiger charge is 2.13. The maximum atomic E-state index is 11.3. The van der Waals surface area contributed by atoms with Gasteiger partial charge < -0.3 is 18.1 Å². The number of nitrogens with zero attached hydrogens (tertiary/aromatic N) is 3. The summed E-state index contributed by atoms with van der Waals surface area (Å²) < 4.78 is 18.4. The second-order valence-corrected chi connectivity index (χ2v) is 5.66. The Bertz CT molecular complexity index is 1110. The first kappa shape index (κ1) is 15.2. The van der Waals surface area contributed by atoms with E-state index in [2.05, 4.69) is 10.2 Å². The van der Waals surface area contributed by atoms with Gasteiger partial charge in [-0.2, -0.15) is 0 Å². The first-order chi connectivity index (χ1) is 12.1. The van der Waals surface area contributed by atoms with Crippen LogP contribution in [0.15, 0.2) is 56.1 Å². The van der Waals surface area contributed by atoms with Crippen molar-refractivity contribution in [1.82, 2.24) is 14.8 Å². The van der Waals surface area contributed by atoms with E-state index < -0.39 is 5.63 Å². The minimum Gasteiger partial charge on any atom is -0.484 e. The highest BCUT2D eigenvalue weighted by molar-refractivity contribution is 5.77. The molecule has 7 heteroatoms. The Hall–Kier alpha value is -3.35. The molecule has 0 N–H and O–H groups in total. The molecule has 1 aromatic carbocycles. The zero-order valence-corrected chi connectivity index (χ0v) is 13.7. The molecule has 0 saturated carbocycles. The normalized spacial score (nSPS) is 11.1. The summed E-state index contributed by atoms with van der Waals surface area (Å²) in [4.78, 5) is 11.3. The Kier molecular flexibility index (Phi) is 3.61. The second kappa shape index (κ2) is 5.94. The fourth-order valence-corrected chi connectivity index (χ4v) is 2.52. The van der Waals surface area contributed by atoms with Crippen LogP contribution in [0.3, 0.4) is 0 Å². The van der Waals surface area contributed by atoms with E-state index in [0.29, 0.717) is 23.1 Å². The molecule has 0 unspecified atom stereocenters.